The Labute approximate surface area is 160 Å². The summed E-state index contributed by atoms with van der Waals surface area (Å²) in [6, 6.07) is 0. The summed E-state index contributed by atoms with van der Waals surface area (Å²) in [5, 5.41) is 3.16. The van der Waals surface area contributed by atoms with Crippen LogP contribution in [0.25, 0.3) is 0 Å². The Morgan fingerprint density at radius 1 is 1.00 bits per heavy atom. The molecule has 0 amide bonds. The van der Waals surface area contributed by atoms with Crippen LogP contribution in [0.4, 0.5) is 0 Å². The predicted octanol–water partition coefficient (Wildman–Crippen LogP) is 5.75. The van der Waals surface area contributed by atoms with Crippen LogP contribution in [0.5, 0.6) is 0 Å². The summed E-state index contributed by atoms with van der Waals surface area (Å²) >= 11 is 0. The molecule has 24 heavy (non-hydrogen) atoms. The second-order valence-corrected chi connectivity index (χ2v) is 6.50. The Bertz CT molecular complexity index is 361. The number of hydrogen-bond donors (Lipinski definition) is 1. The Morgan fingerprint density at radius 2 is 1.67 bits per heavy atom. The van der Waals surface area contributed by atoms with Gasteiger partial charge in [0.1, 0.15) is 6.61 Å². The largest absolute Gasteiger partial charge is 0.460 e. The fraction of sp³-hybridized carbons (Fsp3) is 0.750. The first-order chi connectivity index (χ1) is 11.1. The van der Waals surface area contributed by atoms with Gasteiger partial charge in [0, 0.05) is 0 Å². The second kappa shape index (κ2) is 18.7. The number of nitrogens with one attached hydrogen (secondary N) is 1. The van der Waals surface area contributed by atoms with Crippen LogP contribution in [-0.2, 0) is 9.53 Å². The standard InChI is InChI=1S/C20H37NO2.BrH/c1-5-6-7-8-9-10-15-21-17-20(22)23-16-14-19(4)13-11-12-18(2)3;/h12,14,21H,5-11,13,15-17H2,1-4H3;1H/b19-14+;. The lowest BCUT2D eigenvalue weighted by Crippen LogP contribution is -2.25. The summed E-state index contributed by atoms with van der Waals surface area (Å²) < 4.78 is 5.21. The molecule has 0 radical (unpaired) electrons. The highest BCUT2D eigenvalue weighted by molar-refractivity contribution is 8.93. The van der Waals surface area contributed by atoms with E-state index < -0.39 is 0 Å². The lowest BCUT2D eigenvalue weighted by molar-refractivity contribution is -0.141. The predicted molar refractivity (Wildman–Crippen MR) is 110 cm³/mol. The first kappa shape index (κ1) is 25.6. The number of esters is 1. The van der Waals surface area contributed by atoms with E-state index in [0.29, 0.717) is 13.2 Å². The van der Waals surface area contributed by atoms with Crippen LogP contribution in [0.3, 0.4) is 0 Å². The van der Waals surface area contributed by atoms with Crippen LogP contribution in [0.2, 0.25) is 0 Å². The maximum atomic E-state index is 11.6. The van der Waals surface area contributed by atoms with Crippen molar-refractivity contribution in [3.63, 3.8) is 0 Å². The average Bonchev–Trinajstić information content (AvgIpc) is 2.49. The number of allylic oxidation sites excluding steroid dienone is 3. The minimum Gasteiger partial charge on any atom is -0.460 e. The number of rotatable bonds is 14. The molecule has 4 heteroatoms. The summed E-state index contributed by atoms with van der Waals surface area (Å²) in [6.07, 6.45) is 14.0. The SMILES string of the molecule is Br.CCCCCCCCNCC(=O)OC/C=C(\C)CCC=C(C)C. The van der Waals surface area contributed by atoms with Crippen LogP contribution < -0.4 is 5.32 Å². The normalized spacial score (nSPS) is 10.9. The zero-order valence-electron chi connectivity index (χ0n) is 16.2. The van der Waals surface area contributed by atoms with Crippen LogP contribution >= 0.6 is 17.0 Å². The van der Waals surface area contributed by atoms with Gasteiger partial charge in [0.05, 0.1) is 6.54 Å². The van der Waals surface area contributed by atoms with Crippen molar-refractivity contribution in [2.24, 2.45) is 0 Å². The van der Waals surface area contributed by atoms with Crippen molar-refractivity contribution in [2.75, 3.05) is 19.7 Å². The third-order valence-electron chi connectivity index (χ3n) is 3.74. The van der Waals surface area contributed by atoms with Gasteiger partial charge >= 0.3 is 5.97 Å². The molecular formula is C20H38BrNO2. The van der Waals surface area contributed by atoms with E-state index in [1.54, 1.807) is 0 Å². The average molecular weight is 404 g/mol. The number of unbranched alkanes of at least 4 members (excludes halogenated alkanes) is 5. The molecule has 0 atom stereocenters. The highest BCUT2D eigenvalue weighted by Gasteiger charge is 2.00. The molecule has 0 aromatic heterocycles. The molecule has 0 unspecified atom stereocenters. The van der Waals surface area contributed by atoms with Crippen molar-refractivity contribution >= 4 is 23.0 Å². The van der Waals surface area contributed by atoms with Gasteiger partial charge in [-0.3, -0.25) is 4.79 Å². The van der Waals surface area contributed by atoms with Gasteiger partial charge in [-0.2, -0.15) is 0 Å². The lowest BCUT2D eigenvalue weighted by atomic mass is 10.1. The number of halogens is 1. The van der Waals surface area contributed by atoms with E-state index in [1.807, 2.05) is 6.08 Å². The van der Waals surface area contributed by atoms with Gasteiger partial charge in [-0.1, -0.05) is 56.3 Å². The van der Waals surface area contributed by atoms with Crippen molar-refractivity contribution in [3.05, 3.63) is 23.3 Å². The van der Waals surface area contributed by atoms with Crippen LogP contribution in [-0.4, -0.2) is 25.7 Å². The Balaban J connectivity index is 0. The van der Waals surface area contributed by atoms with Gasteiger partial charge in [-0.25, -0.2) is 0 Å². The smallest absolute Gasteiger partial charge is 0.320 e. The maximum absolute atomic E-state index is 11.6. The Hall–Kier alpha value is -0.610. The molecule has 0 heterocycles. The quantitative estimate of drug-likeness (QED) is 0.228. The van der Waals surface area contributed by atoms with E-state index in [1.165, 1.54) is 43.3 Å². The first-order valence-corrected chi connectivity index (χ1v) is 9.21. The van der Waals surface area contributed by atoms with Crippen molar-refractivity contribution in [1.29, 1.82) is 0 Å². The molecule has 3 nitrogen and oxygen atoms in total. The monoisotopic (exact) mass is 403 g/mol. The van der Waals surface area contributed by atoms with Gasteiger partial charge < -0.3 is 10.1 Å². The molecule has 0 spiro atoms. The minimum absolute atomic E-state index is 0. The lowest BCUT2D eigenvalue weighted by Gasteiger charge is -2.05. The zero-order chi connectivity index (χ0) is 17.3. The topological polar surface area (TPSA) is 38.3 Å². The van der Waals surface area contributed by atoms with E-state index in [-0.39, 0.29) is 23.0 Å². The molecule has 0 aromatic rings. The third kappa shape index (κ3) is 19.4. The molecule has 0 aliphatic carbocycles. The summed E-state index contributed by atoms with van der Waals surface area (Å²) in [5.74, 6) is -0.163. The van der Waals surface area contributed by atoms with Gasteiger partial charge in [0.2, 0.25) is 0 Å². The highest BCUT2D eigenvalue weighted by atomic mass is 79.9. The van der Waals surface area contributed by atoms with Gasteiger partial charge in [-0.05, 0) is 52.7 Å². The number of carbonyl (C=O) groups excluding carboxylic acids is 1. The van der Waals surface area contributed by atoms with Crippen molar-refractivity contribution in [2.45, 2.75) is 79.1 Å². The van der Waals surface area contributed by atoms with Gasteiger partial charge in [0.25, 0.3) is 0 Å². The summed E-state index contributed by atoms with van der Waals surface area (Å²) in [5.41, 5.74) is 2.62. The van der Waals surface area contributed by atoms with E-state index >= 15 is 0 Å². The molecule has 0 aliphatic heterocycles. The molecule has 0 aromatic carbocycles. The first-order valence-electron chi connectivity index (χ1n) is 9.21. The maximum Gasteiger partial charge on any atom is 0.320 e. The molecular weight excluding hydrogens is 366 g/mol. The zero-order valence-corrected chi connectivity index (χ0v) is 17.9. The number of hydrogen-bond acceptors (Lipinski definition) is 3. The van der Waals surface area contributed by atoms with Crippen LogP contribution in [0, 0.1) is 0 Å². The molecule has 142 valence electrons. The van der Waals surface area contributed by atoms with Crippen molar-refractivity contribution in [1.82, 2.24) is 5.32 Å². The summed E-state index contributed by atoms with van der Waals surface area (Å²) in [6.45, 7) is 10.1. The minimum atomic E-state index is -0.163. The van der Waals surface area contributed by atoms with Gasteiger partial charge in [-0.15, -0.1) is 17.0 Å². The molecule has 1 N–H and O–H groups in total. The Morgan fingerprint density at radius 3 is 2.33 bits per heavy atom. The van der Waals surface area contributed by atoms with E-state index in [2.05, 4.69) is 39.1 Å². The van der Waals surface area contributed by atoms with Crippen molar-refractivity contribution < 1.29 is 9.53 Å². The van der Waals surface area contributed by atoms with Gasteiger partial charge in [0.15, 0.2) is 0 Å². The summed E-state index contributed by atoms with van der Waals surface area (Å²) in [7, 11) is 0. The fourth-order valence-corrected chi connectivity index (χ4v) is 2.24. The fourth-order valence-electron chi connectivity index (χ4n) is 2.24. The number of ether oxygens (including phenoxy) is 1. The second-order valence-electron chi connectivity index (χ2n) is 6.50. The number of carbonyl (C=O) groups is 1. The highest BCUT2D eigenvalue weighted by Crippen LogP contribution is 2.06. The molecule has 0 saturated carbocycles. The van der Waals surface area contributed by atoms with Crippen molar-refractivity contribution in [3.8, 4) is 0 Å². The molecule has 0 saturated heterocycles. The van der Waals surface area contributed by atoms with E-state index in [9.17, 15) is 4.79 Å². The van der Waals surface area contributed by atoms with E-state index in [4.69, 9.17) is 4.74 Å². The van der Waals surface area contributed by atoms with Crippen LogP contribution in [0.15, 0.2) is 23.3 Å². The molecule has 0 bridgehead atoms. The molecule has 0 rings (SSSR count). The van der Waals surface area contributed by atoms with Crippen LogP contribution in [0.1, 0.15) is 79.1 Å². The van der Waals surface area contributed by atoms with E-state index in [0.717, 1.165) is 25.8 Å². The third-order valence-corrected chi connectivity index (χ3v) is 3.74. The molecule has 0 aliphatic rings. The molecule has 0 fully saturated rings. The Kier molecular flexibility index (Phi) is 20.0. The summed E-state index contributed by atoms with van der Waals surface area (Å²) in [4.78, 5) is 11.6.